The summed E-state index contributed by atoms with van der Waals surface area (Å²) in [7, 11) is 6.33. The molecule has 0 bridgehead atoms. The van der Waals surface area contributed by atoms with Gasteiger partial charge in [0.05, 0.1) is 0 Å². The maximum absolute atomic E-state index is 4.83. The van der Waals surface area contributed by atoms with E-state index in [0.29, 0.717) is 52.4 Å². The van der Waals surface area contributed by atoms with Crippen LogP contribution in [0.25, 0.3) is 0 Å². The smallest absolute Gasteiger partial charge is 0.135 e. The molecule has 0 aromatic heterocycles. The second-order valence-electron chi connectivity index (χ2n) is 8.90. The van der Waals surface area contributed by atoms with Gasteiger partial charge < -0.3 is 9.80 Å². The van der Waals surface area contributed by atoms with Gasteiger partial charge in [-0.2, -0.15) is 10.0 Å². The zero-order valence-corrected chi connectivity index (χ0v) is 28.6. The lowest BCUT2D eigenvalue weighted by atomic mass is 10.4. The summed E-state index contributed by atoms with van der Waals surface area (Å²) in [6.07, 6.45) is 18.8. The fraction of sp³-hybridized carbons (Fsp3) is 0.267. The van der Waals surface area contributed by atoms with Crippen molar-refractivity contribution in [3.8, 4) is 0 Å². The van der Waals surface area contributed by atoms with Crippen LogP contribution >= 0.6 is 41.2 Å². The Bertz CT molecular complexity index is 1020. The summed E-state index contributed by atoms with van der Waals surface area (Å²) < 4.78 is 0. The lowest BCUT2D eigenvalue weighted by Gasteiger charge is -2.38. The SMILES string of the molecule is C=CCN(CC=C)C1=CC(SSSSC2=NN(N(CC=C)CC=C)NC(N(CC=C)CC=C)=C2)=NN(N(CC=C)CC=C)N1. The first-order valence-corrected chi connectivity index (χ1v) is 18.6. The first kappa shape index (κ1) is 37.0. The Kier molecular flexibility index (Phi) is 18.1. The van der Waals surface area contributed by atoms with Crippen molar-refractivity contribution >= 4 is 51.3 Å². The minimum atomic E-state index is 0.594. The van der Waals surface area contributed by atoms with Gasteiger partial charge in [-0.25, -0.2) is 0 Å². The van der Waals surface area contributed by atoms with Crippen LogP contribution in [-0.2, 0) is 0 Å². The standard InChI is InChI=1S/C30H44N10S4/c1-9-17-35(18-10-2)27-25-29(33-39(31-27)37(21-13-5)22-14-6)41-43-44-42-30-26-28(36(19-11-3)20-12-4)32-40(34-30)38(23-15-7)24-16-8/h9-16,25-26,31-32H,1-8,17-24H2. The van der Waals surface area contributed by atoms with Gasteiger partial charge in [-0.1, -0.05) is 48.6 Å². The molecule has 0 saturated carbocycles. The number of hydrogen-bond donors (Lipinski definition) is 2. The van der Waals surface area contributed by atoms with Gasteiger partial charge in [-0.15, -0.1) is 73.3 Å². The zero-order chi connectivity index (χ0) is 32.2. The third kappa shape index (κ3) is 12.1. The summed E-state index contributed by atoms with van der Waals surface area (Å²) in [5.41, 5.74) is 6.79. The molecule has 0 amide bonds. The zero-order valence-electron chi connectivity index (χ0n) is 25.3. The van der Waals surface area contributed by atoms with E-state index >= 15 is 0 Å². The van der Waals surface area contributed by atoms with Gasteiger partial charge in [-0.05, 0) is 41.2 Å². The molecule has 0 unspecified atom stereocenters. The van der Waals surface area contributed by atoms with Crippen molar-refractivity contribution in [2.24, 2.45) is 10.2 Å². The molecule has 2 aliphatic heterocycles. The molecule has 0 fully saturated rings. The lowest BCUT2D eigenvalue weighted by Crippen LogP contribution is -2.52. The number of rotatable bonds is 23. The molecule has 0 aromatic carbocycles. The molecule has 0 saturated heterocycles. The maximum Gasteiger partial charge on any atom is 0.135 e. The highest BCUT2D eigenvalue weighted by Gasteiger charge is 2.24. The minimum absolute atomic E-state index is 0.594. The van der Waals surface area contributed by atoms with E-state index in [9.17, 15) is 0 Å². The largest absolute Gasteiger partial charge is 0.350 e. The Morgan fingerprint density at radius 3 is 1.09 bits per heavy atom. The van der Waals surface area contributed by atoms with Crippen LogP contribution in [-0.4, -0.2) is 92.7 Å². The van der Waals surface area contributed by atoms with E-state index in [1.807, 2.05) is 70.8 Å². The summed E-state index contributed by atoms with van der Waals surface area (Å²) >= 11 is 0. The van der Waals surface area contributed by atoms with Crippen LogP contribution in [0.2, 0.25) is 0 Å². The Morgan fingerprint density at radius 1 is 0.523 bits per heavy atom. The molecule has 0 aromatic rings. The molecule has 2 N–H and O–H groups in total. The Morgan fingerprint density at radius 2 is 0.818 bits per heavy atom. The molecular formula is C30H44N10S4. The summed E-state index contributed by atoms with van der Waals surface area (Å²) in [6.45, 7) is 36.2. The van der Waals surface area contributed by atoms with Crippen LogP contribution in [0.15, 0.2) is 135 Å². The molecule has 2 rings (SSSR count). The van der Waals surface area contributed by atoms with Crippen molar-refractivity contribution in [3.63, 3.8) is 0 Å². The highest BCUT2D eigenvalue weighted by Crippen LogP contribution is 2.45. The van der Waals surface area contributed by atoms with E-state index < -0.39 is 0 Å². The van der Waals surface area contributed by atoms with Gasteiger partial charge in [0.1, 0.15) is 21.7 Å². The van der Waals surface area contributed by atoms with Gasteiger partial charge in [0, 0.05) is 64.5 Å². The second kappa shape index (κ2) is 21.5. The number of hydrogen-bond acceptors (Lipinski definition) is 14. The van der Waals surface area contributed by atoms with Crippen molar-refractivity contribution in [1.29, 1.82) is 0 Å². The van der Waals surface area contributed by atoms with E-state index in [1.165, 1.54) is 0 Å². The van der Waals surface area contributed by atoms with Crippen LogP contribution in [0.1, 0.15) is 0 Å². The molecule has 0 spiro atoms. The first-order chi connectivity index (χ1) is 21.5. The molecule has 0 aliphatic carbocycles. The normalized spacial score (nSPS) is 14.2. The average molecular weight is 673 g/mol. The van der Waals surface area contributed by atoms with Gasteiger partial charge in [-0.3, -0.25) is 10.9 Å². The number of hydrazone groups is 2. The van der Waals surface area contributed by atoms with Gasteiger partial charge in [0.2, 0.25) is 0 Å². The summed E-state index contributed by atoms with van der Waals surface area (Å²) in [6, 6.07) is 0. The molecule has 14 heteroatoms. The van der Waals surface area contributed by atoms with Crippen molar-refractivity contribution in [3.05, 3.63) is 125 Å². The molecule has 2 aliphatic rings. The van der Waals surface area contributed by atoms with Crippen LogP contribution in [0.3, 0.4) is 0 Å². The van der Waals surface area contributed by atoms with Gasteiger partial charge >= 0.3 is 0 Å². The van der Waals surface area contributed by atoms with Crippen molar-refractivity contribution in [2.45, 2.75) is 0 Å². The van der Waals surface area contributed by atoms with E-state index in [-0.39, 0.29) is 0 Å². The first-order valence-electron chi connectivity index (χ1n) is 13.8. The van der Waals surface area contributed by atoms with Gasteiger partial charge in [0.25, 0.3) is 0 Å². The van der Waals surface area contributed by atoms with Gasteiger partial charge in [0.15, 0.2) is 0 Å². The fourth-order valence-corrected chi connectivity index (χ4v) is 8.85. The van der Waals surface area contributed by atoms with Crippen LogP contribution < -0.4 is 10.9 Å². The Balaban J connectivity index is 2.25. The number of hydrazine groups is 4. The maximum atomic E-state index is 4.83. The topological polar surface area (TPSA) is 68.2 Å². The Hall–Kier alpha value is -3.14. The van der Waals surface area contributed by atoms with Crippen LogP contribution in [0.4, 0.5) is 0 Å². The molecular weight excluding hydrogens is 629 g/mol. The van der Waals surface area contributed by atoms with E-state index in [2.05, 4.69) is 73.3 Å². The summed E-state index contributed by atoms with van der Waals surface area (Å²) in [5, 5.41) is 18.8. The second-order valence-corrected chi connectivity index (χ2v) is 14.6. The molecule has 238 valence electrons. The molecule has 0 radical (unpaired) electrons. The molecule has 44 heavy (non-hydrogen) atoms. The van der Waals surface area contributed by atoms with E-state index in [0.717, 1.165) is 21.7 Å². The lowest BCUT2D eigenvalue weighted by molar-refractivity contribution is -0.0498. The third-order valence-corrected chi connectivity index (χ3v) is 11.3. The number of nitrogens with zero attached hydrogens (tertiary/aromatic N) is 8. The predicted octanol–water partition coefficient (Wildman–Crippen LogP) is 6.14. The molecule has 10 nitrogen and oxygen atoms in total. The average Bonchev–Trinajstić information content (AvgIpc) is 3.02. The van der Waals surface area contributed by atoms with E-state index in [1.54, 1.807) is 51.7 Å². The summed E-state index contributed by atoms with van der Waals surface area (Å²) in [5.74, 6) is 1.78. The minimum Gasteiger partial charge on any atom is -0.350 e. The number of nitrogens with one attached hydrogen (secondary N) is 2. The molecule has 2 heterocycles. The van der Waals surface area contributed by atoms with Crippen molar-refractivity contribution in [1.82, 2.24) is 41.1 Å². The van der Waals surface area contributed by atoms with E-state index in [4.69, 9.17) is 10.2 Å². The third-order valence-electron chi connectivity index (χ3n) is 5.58. The fourth-order valence-electron chi connectivity index (χ4n) is 3.79. The van der Waals surface area contributed by atoms with Crippen LogP contribution in [0.5, 0.6) is 0 Å². The summed E-state index contributed by atoms with van der Waals surface area (Å²) in [4.78, 5) is 4.27. The van der Waals surface area contributed by atoms with Crippen LogP contribution in [0, 0.1) is 0 Å². The Labute approximate surface area is 278 Å². The predicted molar refractivity (Wildman–Crippen MR) is 199 cm³/mol. The highest BCUT2D eigenvalue weighted by molar-refractivity contribution is 9.29. The monoisotopic (exact) mass is 672 g/mol. The van der Waals surface area contributed by atoms with Crippen molar-refractivity contribution < 1.29 is 0 Å². The van der Waals surface area contributed by atoms with Crippen molar-refractivity contribution in [2.75, 3.05) is 52.4 Å². The molecule has 0 atom stereocenters. The highest BCUT2D eigenvalue weighted by atomic mass is 33.7. The quantitative estimate of drug-likeness (QED) is 0.0745.